The number of benzene rings is 2. The van der Waals surface area contributed by atoms with Gasteiger partial charge in [0.15, 0.2) is 5.82 Å². The molecule has 0 bridgehead atoms. The van der Waals surface area contributed by atoms with E-state index in [1.54, 1.807) is 35.6 Å². The Bertz CT molecular complexity index is 2270. The average molecular weight is 910 g/mol. The number of ether oxygens (including phenoxy) is 2. The number of nitrogens with zero attached hydrogens (tertiary/aromatic N) is 5. The normalized spacial score (nSPS) is 17.7. The van der Waals surface area contributed by atoms with Crippen molar-refractivity contribution in [3.8, 4) is 5.00 Å². The Kier molecular flexibility index (Phi) is 15.6. The lowest BCUT2D eigenvalue weighted by molar-refractivity contribution is -0.144. The molecule has 0 spiro atoms. The van der Waals surface area contributed by atoms with Crippen molar-refractivity contribution in [3.05, 3.63) is 97.4 Å². The predicted octanol–water partition coefficient (Wildman–Crippen LogP) is 5.19. The monoisotopic (exact) mass is 908 g/mol. The van der Waals surface area contributed by atoms with Crippen LogP contribution in [0.5, 0.6) is 0 Å². The lowest BCUT2D eigenvalue weighted by Crippen LogP contribution is -2.58. The molecule has 18 heteroatoms. The van der Waals surface area contributed by atoms with Gasteiger partial charge in [-0.25, -0.2) is 0 Å². The van der Waals surface area contributed by atoms with Crippen LogP contribution in [-0.2, 0) is 35.2 Å². The van der Waals surface area contributed by atoms with Gasteiger partial charge in [0.05, 0.1) is 24.8 Å². The molecular weight excluding hydrogens is 856 g/mol. The van der Waals surface area contributed by atoms with Crippen molar-refractivity contribution in [1.29, 1.82) is 0 Å². The summed E-state index contributed by atoms with van der Waals surface area (Å²) in [6.45, 7) is 12.5. The lowest BCUT2D eigenvalue weighted by atomic mass is 9.85. The van der Waals surface area contributed by atoms with Crippen LogP contribution < -0.4 is 16.0 Å². The summed E-state index contributed by atoms with van der Waals surface area (Å²) in [6, 6.07) is 12.1. The number of aryl methyl sites for hydroxylation is 2. The Morgan fingerprint density at radius 1 is 0.919 bits per heavy atom. The summed E-state index contributed by atoms with van der Waals surface area (Å²) in [5, 5.41) is 30.0. The molecule has 4 heterocycles. The minimum absolute atomic E-state index is 0.0266. The zero-order valence-electron chi connectivity index (χ0n) is 35.8. The zero-order valence-corrected chi connectivity index (χ0v) is 38.1. The second-order valence-electron chi connectivity index (χ2n) is 16.6. The number of halogens is 2. The van der Waals surface area contributed by atoms with Crippen LogP contribution in [0.4, 0.5) is 0 Å². The Labute approximate surface area is 375 Å². The minimum atomic E-state index is -0.974. The van der Waals surface area contributed by atoms with Crippen molar-refractivity contribution in [3.63, 3.8) is 0 Å². The van der Waals surface area contributed by atoms with Crippen LogP contribution >= 0.6 is 34.5 Å². The van der Waals surface area contributed by atoms with E-state index in [-0.39, 0.29) is 58.2 Å². The molecule has 332 valence electrons. The lowest BCUT2D eigenvalue weighted by Gasteiger charge is -2.35. The number of aliphatic hydroxyl groups is 1. The van der Waals surface area contributed by atoms with E-state index >= 15 is 0 Å². The molecule has 4 aromatic rings. The topological polar surface area (TPSA) is 189 Å². The van der Waals surface area contributed by atoms with E-state index < -0.39 is 47.4 Å². The van der Waals surface area contributed by atoms with Crippen LogP contribution in [0, 0.1) is 26.2 Å². The summed E-state index contributed by atoms with van der Waals surface area (Å²) in [4.78, 5) is 60.9. The molecule has 6 rings (SSSR count). The predicted molar refractivity (Wildman–Crippen MR) is 238 cm³/mol. The van der Waals surface area contributed by atoms with Crippen molar-refractivity contribution in [2.24, 2.45) is 10.4 Å². The number of rotatable bonds is 17. The van der Waals surface area contributed by atoms with E-state index in [0.29, 0.717) is 34.7 Å². The quantitative estimate of drug-likeness (QED) is 0.103. The maximum Gasteiger partial charge on any atom is 0.246 e. The Morgan fingerprint density at radius 3 is 2.29 bits per heavy atom. The van der Waals surface area contributed by atoms with Gasteiger partial charge in [-0.1, -0.05) is 68.2 Å². The van der Waals surface area contributed by atoms with E-state index in [1.165, 1.54) is 4.90 Å². The molecule has 2 aromatic carbocycles. The number of aromatic nitrogens is 3. The third kappa shape index (κ3) is 11.5. The van der Waals surface area contributed by atoms with Crippen molar-refractivity contribution in [2.75, 3.05) is 39.5 Å². The van der Waals surface area contributed by atoms with Gasteiger partial charge in [-0.05, 0) is 68.0 Å². The number of nitrogens with one attached hydrogen (secondary N) is 3. The van der Waals surface area contributed by atoms with E-state index in [0.717, 1.165) is 37.8 Å². The van der Waals surface area contributed by atoms with Gasteiger partial charge >= 0.3 is 0 Å². The standard InChI is InChI=1S/C44H54Cl2N8O7S/c1-25-26(2)62-43-37(25)38(29-10-14-31(46)15-11-29)49-33(40-52-51-27(3)54(40)43)21-35(56)47-16-19-60-17-7-18-61-24-36(57)50-39(44(4,5)6)42(59)53-23-32(55)20-34(53)41(58)48-22-28-8-12-30(45)13-9-28/h8-15,32-34,39,55H,7,16-24H2,1-6H3,(H,47,56)(H,48,58)(H,50,57)/t32-,33+,34+,39?/m1/s1. The van der Waals surface area contributed by atoms with Crippen LogP contribution in [-0.4, -0.2) is 112 Å². The number of amides is 4. The van der Waals surface area contributed by atoms with Gasteiger partial charge in [-0.15, -0.1) is 21.5 Å². The maximum atomic E-state index is 13.8. The number of fused-ring (bicyclic) bond motifs is 3. The maximum absolute atomic E-state index is 13.8. The number of likely N-dealkylation sites (tertiary alicyclic amines) is 1. The molecule has 1 fully saturated rings. The second kappa shape index (κ2) is 20.6. The number of aliphatic hydroxyl groups excluding tert-OH is 1. The molecule has 0 radical (unpaired) electrons. The van der Waals surface area contributed by atoms with Crippen LogP contribution in [0.15, 0.2) is 53.5 Å². The van der Waals surface area contributed by atoms with Crippen molar-refractivity contribution < 1.29 is 33.8 Å². The van der Waals surface area contributed by atoms with E-state index in [9.17, 15) is 24.3 Å². The minimum Gasteiger partial charge on any atom is -0.391 e. The molecule has 0 saturated carbocycles. The third-order valence-corrected chi connectivity index (χ3v) is 12.5. The van der Waals surface area contributed by atoms with Gasteiger partial charge < -0.3 is 35.4 Å². The Hall–Kier alpha value is -4.71. The van der Waals surface area contributed by atoms with Gasteiger partial charge in [0.25, 0.3) is 0 Å². The first-order valence-corrected chi connectivity index (χ1v) is 22.2. The first-order chi connectivity index (χ1) is 29.5. The summed E-state index contributed by atoms with van der Waals surface area (Å²) in [7, 11) is 0. The van der Waals surface area contributed by atoms with Crippen LogP contribution in [0.1, 0.15) is 84.9 Å². The molecule has 4 N–H and O–H groups in total. The van der Waals surface area contributed by atoms with Crippen LogP contribution in [0.2, 0.25) is 10.0 Å². The SMILES string of the molecule is Cc1sc2c(c1C)C(c1ccc(Cl)cc1)=N[C@@H](CC(=O)NCCOCCCOCC(=O)NC(C(=O)N1C[C@H](O)C[C@H]1C(=O)NCc1ccc(Cl)cc1)C(C)(C)C)c1nnc(C)n1-2. The molecule has 2 aliphatic heterocycles. The smallest absolute Gasteiger partial charge is 0.246 e. The summed E-state index contributed by atoms with van der Waals surface area (Å²) in [6.07, 6.45) is -0.245. The van der Waals surface area contributed by atoms with Crippen molar-refractivity contribution >= 4 is 63.9 Å². The molecule has 4 amide bonds. The van der Waals surface area contributed by atoms with Gasteiger partial charge in [0.1, 0.15) is 35.6 Å². The highest BCUT2D eigenvalue weighted by Crippen LogP contribution is 2.39. The van der Waals surface area contributed by atoms with Gasteiger partial charge in [0, 0.05) is 65.3 Å². The summed E-state index contributed by atoms with van der Waals surface area (Å²) in [5.74, 6) is -0.240. The molecule has 1 unspecified atom stereocenters. The molecule has 1 saturated heterocycles. The number of thiophene rings is 1. The van der Waals surface area contributed by atoms with Gasteiger partial charge in [-0.3, -0.25) is 28.7 Å². The summed E-state index contributed by atoms with van der Waals surface area (Å²) < 4.78 is 13.3. The first-order valence-electron chi connectivity index (χ1n) is 20.6. The number of aliphatic imine (C=N–C) groups is 1. The number of carbonyl (C=O) groups is 4. The number of hydrogen-bond acceptors (Lipinski definition) is 11. The fraction of sp³-hybridized carbons (Fsp3) is 0.477. The summed E-state index contributed by atoms with van der Waals surface area (Å²) in [5.41, 5.74) is 3.90. The fourth-order valence-electron chi connectivity index (χ4n) is 7.41. The summed E-state index contributed by atoms with van der Waals surface area (Å²) >= 11 is 13.8. The molecule has 62 heavy (non-hydrogen) atoms. The van der Waals surface area contributed by atoms with Crippen LogP contribution in [0.3, 0.4) is 0 Å². The average Bonchev–Trinajstić information content (AvgIpc) is 3.87. The van der Waals surface area contributed by atoms with E-state index in [4.69, 9.17) is 37.7 Å². The zero-order chi connectivity index (χ0) is 44.7. The van der Waals surface area contributed by atoms with E-state index in [2.05, 4.69) is 40.0 Å². The number of β-amino-alcohol motifs (C(OH)–C–C–N with tert-alkyl or cyclic N) is 1. The van der Waals surface area contributed by atoms with Crippen LogP contribution in [0.25, 0.3) is 5.00 Å². The highest BCUT2D eigenvalue weighted by atomic mass is 35.5. The Balaban J connectivity index is 0.929. The Morgan fingerprint density at radius 2 is 1.60 bits per heavy atom. The number of hydrogen-bond donors (Lipinski definition) is 4. The molecule has 0 aliphatic carbocycles. The molecular formula is C44H54Cl2N8O7S. The molecule has 4 atom stereocenters. The second-order valence-corrected chi connectivity index (χ2v) is 18.7. The highest BCUT2D eigenvalue weighted by molar-refractivity contribution is 7.15. The fourth-order valence-corrected chi connectivity index (χ4v) is 8.87. The first kappa shape index (κ1) is 46.8. The van der Waals surface area contributed by atoms with E-state index in [1.807, 2.05) is 56.5 Å². The van der Waals surface area contributed by atoms with Gasteiger partial charge in [-0.2, -0.15) is 0 Å². The third-order valence-electron chi connectivity index (χ3n) is 10.8. The van der Waals surface area contributed by atoms with Crippen molar-refractivity contribution in [2.45, 2.75) is 91.6 Å². The van der Waals surface area contributed by atoms with Gasteiger partial charge in [0.2, 0.25) is 23.6 Å². The molecule has 2 aromatic heterocycles. The highest BCUT2D eigenvalue weighted by Gasteiger charge is 2.44. The molecule has 2 aliphatic rings. The van der Waals surface area contributed by atoms with Crippen molar-refractivity contribution in [1.82, 2.24) is 35.6 Å². The largest absolute Gasteiger partial charge is 0.391 e. The molecule has 15 nitrogen and oxygen atoms in total. The number of carbonyl (C=O) groups excluding carboxylic acids is 4.